The SMILES string of the molecule is CCC[C](Br)C(C)C. The van der Waals surface area contributed by atoms with Crippen LogP contribution >= 0.6 is 15.9 Å². The van der Waals surface area contributed by atoms with Crippen molar-refractivity contribution in [2.45, 2.75) is 33.6 Å². The molecule has 0 fully saturated rings. The first-order valence-electron chi connectivity index (χ1n) is 3.19. The van der Waals surface area contributed by atoms with Crippen molar-refractivity contribution in [3.63, 3.8) is 0 Å². The van der Waals surface area contributed by atoms with Crippen LogP contribution in [0.25, 0.3) is 0 Å². The third-order valence-corrected chi connectivity index (χ3v) is 2.43. The molecule has 0 aliphatic carbocycles. The van der Waals surface area contributed by atoms with Gasteiger partial charge in [-0.3, -0.25) is 0 Å². The molecule has 0 N–H and O–H groups in total. The fourth-order valence-corrected chi connectivity index (χ4v) is 0.924. The minimum absolute atomic E-state index is 0.704. The van der Waals surface area contributed by atoms with Crippen LogP contribution in [0, 0.1) is 10.7 Å². The molecule has 1 radical (unpaired) electrons. The van der Waals surface area contributed by atoms with Gasteiger partial charge in [0, 0.05) is 4.83 Å². The van der Waals surface area contributed by atoms with E-state index in [2.05, 4.69) is 36.7 Å². The van der Waals surface area contributed by atoms with Gasteiger partial charge in [-0.05, 0) is 12.3 Å². The zero-order chi connectivity index (χ0) is 6.57. The maximum atomic E-state index is 3.52. The molecule has 0 saturated heterocycles. The third-order valence-electron chi connectivity index (χ3n) is 1.12. The molecular weight excluding hydrogens is 164 g/mol. The fraction of sp³-hybridized carbons (Fsp3) is 0.857. The van der Waals surface area contributed by atoms with E-state index >= 15 is 0 Å². The second-order valence-electron chi connectivity index (χ2n) is 2.35. The van der Waals surface area contributed by atoms with E-state index in [0.717, 1.165) is 0 Å². The van der Waals surface area contributed by atoms with Gasteiger partial charge in [-0.2, -0.15) is 0 Å². The molecule has 0 bridgehead atoms. The van der Waals surface area contributed by atoms with Crippen molar-refractivity contribution < 1.29 is 0 Å². The molecule has 0 aromatic carbocycles. The molecule has 0 rings (SSSR count). The Hall–Kier alpha value is 0.480. The topological polar surface area (TPSA) is 0 Å². The van der Waals surface area contributed by atoms with Crippen LogP contribution in [0.2, 0.25) is 0 Å². The molecule has 0 aliphatic heterocycles. The van der Waals surface area contributed by atoms with Gasteiger partial charge in [-0.25, -0.2) is 0 Å². The van der Waals surface area contributed by atoms with Crippen LogP contribution < -0.4 is 0 Å². The molecule has 0 nitrogen and oxygen atoms in total. The van der Waals surface area contributed by atoms with Crippen molar-refractivity contribution >= 4 is 15.9 Å². The standard InChI is InChI=1S/C7H14Br/c1-4-5-7(8)6(2)3/h6H,4-5H2,1-3H3. The lowest BCUT2D eigenvalue weighted by molar-refractivity contribution is 0.674. The summed E-state index contributed by atoms with van der Waals surface area (Å²) in [6.45, 7) is 6.61. The number of rotatable bonds is 3. The fourth-order valence-electron chi connectivity index (χ4n) is 0.528. The molecular formula is C7H14Br. The van der Waals surface area contributed by atoms with Crippen molar-refractivity contribution in [2.75, 3.05) is 0 Å². The highest BCUT2D eigenvalue weighted by atomic mass is 79.9. The number of hydrogen-bond donors (Lipinski definition) is 0. The molecule has 1 heteroatoms. The maximum Gasteiger partial charge on any atom is 0.0436 e. The zero-order valence-corrected chi connectivity index (χ0v) is 7.46. The first-order chi connectivity index (χ1) is 3.68. The van der Waals surface area contributed by atoms with Crippen LogP contribution in [-0.4, -0.2) is 0 Å². The average Bonchev–Trinajstić information content (AvgIpc) is 1.67. The molecule has 0 saturated carbocycles. The highest BCUT2D eigenvalue weighted by Gasteiger charge is 2.06. The predicted molar refractivity (Wildman–Crippen MR) is 41.9 cm³/mol. The first-order valence-corrected chi connectivity index (χ1v) is 3.99. The van der Waals surface area contributed by atoms with E-state index in [9.17, 15) is 0 Å². The summed E-state index contributed by atoms with van der Waals surface area (Å²) in [5.41, 5.74) is 0. The van der Waals surface area contributed by atoms with Gasteiger partial charge in [0.05, 0.1) is 0 Å². The summed E-state index contributed by atoms with van der Waals surface area (Å²) in [5.74, 6) is 0.704. The molecule has 0 unspecified atom stereocenters. The Bertz CT molecular complexity index is 50.3. The molecule has 0 amide bonds. The van der Waals surface area contributed by atoms with Gasteiger partial charge in [0.15, 0.2) is 0 Å². The Morgan fingerprint density at radius 3 is 2.12 bits per heavy atom. The lowest BCUT2D eigenvalue weighted by atomic mass is 10.1. The smallest absolute Gasteiger partial charge is 0.0436 e. The van der Waals surface area contributed by atoms with E-state index < -0.39 is 0 Å². The second-order valence-corrected chi connectivity index (χ2v) is 3.37. The molecule has 0 spiro atoms. The van der Waals surface area contributed by atoms with Gasteiger partial charge >= 0.3 is 0 Å². The third kappa shape index (κ3) is 3.48. The van der Waals surface area contributed by atoms with Crippen molar-refractivity contribution in [3.8, 4) is 0 Å². The van der Waals surface area contributed by atoms with Gasteiger partial charge < -0.3 is 0 Å². The molecule has 49 valence electrons. The van der Waals surface area contributed by atoms with E-state index in [-0.39, 0.29) is 0 Å². The number of hydrogen-bond acceptors (Lipinski definition) is 0. The minimum Gasteiger partial charge on any atom is -0.0835 e. The van der Waals surface area contributed by atoms with Crippen LogP contribution in [0.3, 0.4) is 0 Å². The van der Waals surface area contributed by atoms with Crippen LogP contribution in [0.1, 0.15) is 33.6 Å². The molecule has 0 heterocycles. The van der Waals surface area contributed by atoms with Crippen LogP contribution in [0.4, 0.5) is 0 Å². The van der Waals surface area contributed by atoms with Crippen molar-refractivity contribution in [2.24, 2.45) is 5.92 Å². The molecule has 0 aliphatic rings. The highest BCUT2D eigenvalue weighted by Crippen LogP contribution is 2.25. The predicted octanol–water partition coefficient (Wildman–Crippen LogP) is 3.37. The minimum atomic E-state index is 0.704. The van der Waals surface area contributed by atoms with Crippen molar-refractivity contribution in [1.29, 1.82) is 0 Å². The normalized spacial score (nSPS) is 11.2. The van der Waals surface area contributed by atoms with E-state index in [1.165, 1.54) is 17.7 Å². The van der Waals surface area contributed by atoms with Crippen LogP contribution in [0.5, 0.6) is 0 Å². The van der Waals surface area contributed by atoms with Gasteiger partial charge in [0.2, 0.25) is 0 Å². The van der Waals surface area contributed by atoms with Gasteiger partial charge in [0.25, 0.3) is 0 Å². The Morgan fingerprint density at radius 2 is 2.00 bits per heavy atom. The summed E-state index contributed by atoms with van der Waals surface area (Å²) in [5, 5.41) is 0. The summed E-state index contributed by atoms with van der Waals surface area (Å²) in [4.78, 5) is 1.44. The van der Waals surface area contributed by atoms with E-state index in [1.54, 1.807) is 0 Å². The Morgan fingerprint density at radius 1 is 1.50 bits per heavy atom. The monoisotopic (exact) mass is 177 g/mol. The quantitative estimate of drug-likeness (QED) is 0.621. The molecule has 0 aromatic heterocycles. The van der Waals surface area contributed by atoms with Crippen molar-refractivity contribution in [3.05, 3.63) is 4.83 Å². The van der Waals surface area contributed by atoms with Crippen molar-refractivity contribution in [1.82, 2.24) is 0 Å². The van der Waals surface area contributed by atoms with Crippen LogP contribution in [0.15, 0.2) is 0 Å². The molecule has 0 aromatic rings. The maximum absolute atomic E-state index is 3.52. The summed E-state index contributed by atoms with van der Waals surface area (Å²) in [6, 6.07) is 0. The van der Waals surface area contributed by atoms with Gasteiger partial charge in [0.1, 0.15) is 0 Å². The Labute approximate surface area is 60.8 Å². The van der Waals surface area contributed by atoms with Crippen LogP contribution in [-0.2, 0) is 0 Å². The summed E-state index contributed by atoms with van der Waals surface area (Å²) < 4.78 is 0. The van der Waals surface area contributed by atoms with E-state index in [0.29, 0.717) is 5.92 Å². The zero-order valence-electron chi connectivity index (χ0n) is 5.87. The molecule has 8 heavy (non-hydrogen) atoms. The Balaban J connectivity index is 3.17. The Kier molecular flexibility index (Phi) is 4.63. The van der Waals surface area contributed by atoms with Gasteiger partial charge in [-0.15, -0.1) is 0 Å². The lowest BCUT2D eigenvalue weighted by Gasteiger charge is -2.09. The second kappa shape index (κ2) is 4.37. The summed E-state index contributed by atoms with van der Waals surface area (Å²) in [6.07, 6.45) is 2.47. The van der Waals surface area contributed by atoms with Gasteiger partial charge in [-0.1, -0.05) is 43.1 Å². The van der Waals surface area contributed by atoms with E-state index in [4.69, 9.17) is 0 Å². The number of halogens is 1. The lowest BCUT2D eigenvalue weighted by Crippen LogP contribution is -1.95. The first kappa shape index (κ1) is 8.48. The van der Waals surface area contributed by atoms with E-state index in [1.807, 2.05) is 0 Å². The molecule has 0 atom stereocenters. The highest BCUT2D eigenvalue weighted by molar-refractivity contribution is 9.11. The largest absolute Gasteiger partial charge is 0.0835 e. The summed E-state index contributed by atoms with van der Waals surface area (Å²) >= 11 is 3.52. The average molecular weight is 178 g/mol. The summed E-state index contributed by atoms with van der Waals surface area (Å²) in [7, 11) is 0.